The number of carbonyl (C=O) groups is 2. The van der Waals surface area contributed by atoms with Crippen molar-refractivity contribution >= 4 is 29.3 Å². The fraction of sp³-hybridized carbons (Fsp3) is 0.385. The van der Waals surface area contributed by atoms with Gasteiger partial charge >= 0.3 is 0 Å². The Morgan fingerprint density at radius 2 is 2.05 bits per heavy atom. The molecule has 1 aromatic carbocycles. The van der Waals surface area contributed by atoms with Gasteiger partial charge in [-0.05, 0) is 24.3 Å². The molecule has 0 aromatic heterocycles. The van der Waals surface area contributed by atoms with Crippen molar-refractivity contribution in [3.63, 3.8) is 0 Å². The van der Waals surface area contributed by atoms with Crippen molar-refractivity contribution in [3.05, 3.63) is 24.3 Å². The van der Waals surface area contributed by atoms with Gasteiger partial charge in [-0.25, -0.2) is 4.90 Å². The molecule has 102 valence electrons. The molecule has 1 fully saturated rings. The minimum atomic E-state index is -0.307. The summed E-state index contributed by atoms with van der Waals surface area (Å²) >= 11 is 1.44. The lowest BCUT2D eigenvalue weighted by atomic mass is 10.3. The first-order valence-electron chi connectivity index (χ1n) is 6.00. The number of rotatable bonds is 5. The van der Waals surface area contributed by atoms with Gasteiger partial charge in [0.2, 0.25) is 11.8 Å². The second-order valence-electron chi connectivity index (χ2n) is 4.12. The van der Waals surface area contributed by atoms with E-state index in [1.54, 1.807) is 31.4 Å². The van der Waals surface area contributed by atoms with Gasteiger partial charge in [-0.2, -0.15) is 0 Å². The number of ether oxygens (including phenoxy) is 1. The van der Waals surface area contributed by atoms with Gasteiger partial charge in [-0.1, -0.05) is 0 Å². The van der Waals surface area contributed by atoms with E-state index in [2.05, 4.69) is 0 Å². The largest absolute Gasteiger partial charge is 0.497 e. The predicted octanol–water partition coefficient (Wildman–Crippen LogP) is 1.02. The summed E-state index contributed by atoms with van der Waals surface area (Å²) in [5.41, 5.74) is 6.01. The van der Waals surface area contributed by atoms with Crippen molar-refractivity contribution in [1.29, 1.82) is 0 Å². The highest BCUT2D eigenvalue weighted by molar-refractivity contribution is 8.00. The molecular weight excluding hydrogens is 264 g/mol. The molecule has 0 aliphatic carbocycles. The topological polar surface area (TPSA) is 72.6 Å². The van der Waals surface area contributed by atoms with E-state index in [1.807, 2.05) is 0 Å². The van der Waals surface area contributed by atoms with Gasteiger partial charge in [0.25, 0.3) is 0 Å². The van der Waals surface area contributed by atoms with Crippen molar-refractivity contribution < 1.29 is 14.3 Å². The molecule has 1 aliphatic heterocycles. The summed E-state index contributed by atoms with van der Waals surface area (Å²) in [6, 6.07) is 6.89. The summed E-state index contributed by atoms with van der Waals surface area (Å²) in [6.45, 7) is 0.505. The van der Waals surface area contributed by atoms with E-state index in [0.29, 0.717) is 23.7 Å². The van der Waals surface area contributed by atoms with Crippen LogP contribution >= 0.6 is 11.8 Å². The Labute approximate surface area is 116 Å². The summed E-state index contributed by atoms with van der Waals surface area (Å²) in [6.07, 6.45) is 0.246. The quantitative estimate of drug-likeness (QED) is 0.815. The fourth-order valence-electron chi connectivity index (χ4n) is 1.95. The zero-order chi connectivity index (χ0) is 13.8. The lowest BCUT2D eigenvalue weighted by Gasteiger charge is -2.15. The number of hydrogen-bond acceptors (Lipinski definition) is 5. The lowest BCUT2D eigenvalue weighted by molar-refractivity contribution is -0.121. The Kier molecular flexibility index (Phi) is 4.44. The monoisotopic (exact) mass is 280 g/mol. The van der Waals surface area contributed by atoms with Gasteiger partial charge in [-0.3, -0.25) is 9.59 Å². The maximum absolute atomic E-state index is 12.2. The highest BCUT2D eigenvalue weighted by Crippen LogP contribution is 2.30. The number of benzene rings is 1. The molecule has 1 unspecified atom stereocenters. The fourth-order valence-corrected chi connectivity index (χ4v) is 2.88. The molecule has 2 N–H and O–H groups in total. The number of imide groups is 1. The molecule has 1 aliphatic rings. The van der Waals surface area contributed by atoms with Gasteiger partial charge in [0.1, 0.15) is 5.75 Å². The Bertz CT molecular complexity index is 475. The highest BCUT2D eigenvalue weighted by atomic mass is 32.2. The smallest absolute Gasteiger partial charge is 0.247 e. The zero-order valence-corrected chi connectivity index (χ0v) is 11.5. The number of carbonyl (C=O) groups excluding carboxylic acids is 2. The third-order valence-electron chi connectivity index (χ3n) is 2.87. The van der Waals surface area contributed by atoms with Crippen LogP contribution in [0.5, 0.6) is 5.75 Å². The molecule has 0 bridgehead atoms. The SMILES string of the molecule is COc1ccc(N2C(=O)CC(SCCN)C2=O)cc1. The molecule has 1 saturated heterocycles. The normalized spacial score (nSPS) is 19.1. The number of methoxy groups -OCH3 is 1. The van der Waals surface area contributed by atoms with Crippen molar-refractivity contribution in [2.45, 2.75) is 11.7 Å². The number of amides is 2. The third kappa shape index (κ3) is 2.90. The maximum atomic E-state index is 12.2. The Balaban J connectivity index is 2.14. The van der Waals surface area contributed by atoms with E-state index in [-0.39, 0.29) is 23.5 Å². The first-order valence-corrected chi connectivity index (χ1v) is 7.04. The van der Waals surface area contributed by atoms with Crippen LogP contribution in [0.15, 0.2) is 24.3 Å². The number of thioether (sulfide) groups is 1. The number of nitrogens with two attached hydrogens (primary N) is 1. The van der Waals surface area contributed by atoms with E-state index in [0.717, 1.165) is 0 Å². The Morgan fingerprint density at radius 1 is 1.37 bits per heavy atom. The van der Waals surface area contributed by atoms with E-state index in [1.165, 1.54) is 16.7 Å². The van der Waals surface area contributed by atoms with Crippen molar-refractivity contribution in [1.82, 2.24) is 0 Å². The van der Waals surface area contributed by atoms with Crippen LogP contribution < -0.4 is 15.4 Å². The standard InChI is InChI=1S/C13H16N2O3S/c1-18-10-4-2-9(3-5-10)15-12(16)8-11(13(15)17)19-7-6-14/h2-5,11H,6-8,14H2,1H3. The van der Waals surface area contributed by atoms with Gasteiger partial charge in [-0.15, -0.1) is 11.8 Å². The van der Waals surface area contributed by atoms with Crippen LogP contribution in [0.4, 0.5) is 5.69 Å². The summed E-state index contributed by atoms with van der Waals surface area (Å²) in [5, 5.41) is -0.307. The summed E-state index contributed by atoms with van der Waals surface area (Å²) in [4.78, 5) is 25.4. The van der Waals surface area contributed by atoms with Crippen LogP contribution in [0.3, 0.4) is 0 Å². The molecule has 0 radical (unpaired) electrons. The molecule has 19 heavy (non-hydrogen) atoms. The molecule has 1 aromatic rings. The number of hydrogen-bond donors (Lipinski definition) is 1. The predicted molar refractivity (Wildman–Crippen MR) is 75.4 cm³/mol. The second kappa shape index (κ2) is 6.08. The molecule has 1 heterocycles. The minimum Gasteiger partial charge on any atom is -0.497 e. The van der Waals surface area contributed by atoms with Crippen LogP contribution in [-0.4, -0.2) is 36.5 Å². The average Bonchev–Trinajstić information content (AvgIpc) is 2.71. The van der Waals surface area contributed by atoms with Gasteiger partial charge in [0, 0.05) is 18.7 Å². The molecule has 2 rings (SSSR count). The van der Waals surface area contributed by atoms with Crippen LogP contribution in [-0.2, 0) is 9.59 Å². The van der Waals surface area contributed by atoms with Crippen LogP contribution in [0.2, 0.25) is 0 Å². The minimum absolute atomic E-state index is 0.159. The van der Waals surface area contributed by atoms with E-state index in [9.17, 15) is 9.59 Å². The lowest BCUT2D eigenvalue weighted by Crippen LogP contribution is -2.31. The molecule has 1 atom stereocenters. The molecule has 2 amide bonds. The molecule has 6 heteroatoms. The maximum Gasteiger partial charge on any atom is 0.247 e. The second-order valence-corrected chi connectivity index (χ2v) is 5.43. The zero-order valence-electron chi connectivity index (χ0n) is 10.7. The number of nitrogens with zero attached hydrogens (tertiary/aromatic N) is 1. The van der Waals surface area contributed by atoms with Crippen LogP contribution in [0.25, 0.3) is 0 Å². The van der Waals surface area contributed by atoms with E-state index < -0.39 is 0 Å². The van der Waals surface area contributed by atoms with Gasteiger partial charge < -0.3 is 10.5 Å². The van der Waals surface area contributed by atoms with Crippen molar-refractivity contribution in [2.24, 2.45) is 5.73 Å². The van der Waals surface area contributed by atoms with E-state index in [4.69, 9.17) is 10.5 Å². The summed E-state index contributed by atoms with van der Waals surface area (Å²) in [5.74, 6) is 1.05. The first kappa shape index (κ1) is 13.9. The van der Waals surface area contributed by atoms with Crippen molar-refractivity contribution in [2.75, 3.05) is 24.3 Å². The molecule has 0 spiro atoms. The first-order chi connectivity index (χ1) is 9.17. The van der Waals surface area contributed by atoms with Gasteiger partial charge in [0.15, 0.2) is 0 Å². The summed E-state index contributed by atoms with van der Waals surface area (Å²) in [7, 11) is 1.57. The van der Waals surface area contributed by atoms with Crippen LogP contribution in [0.1, 0.15) is 6.42 Å². The average molecular weight is 280 g/mol. The molecule has 0 saturated carbocycles. The highest BCUT2D eigenvalue weighted by Gasteiger charge is 2.39. The van der Waals surface area contributed by atoms with Gasteiger partial charge in [0.05, 0.1) is 18.0 Å². The third-order valence-corrected chi connectivity index (χ3v) is 4.11. The Hall–Kier alpha value is -1.53. The Morgan fingerprint density at radius 3 is 2.63 bits per heavy atom. The number of anilines is 1. The molecule has 5 nitrogen and oxygen atoms in total. The van der Waals surface area contributed by atoms with E-state index >= 15 is 0 Å². The van der Waals surface area contributed by atoms with Crippen LogP contribution in [0, 0.1) is 0 Å². The summed E-state index contributed by atoms with van der Waals surface area (Å²) < 4.78 is 5.05. The van der Waals surface area contributed by atoms with Crippen molar-refractivity contribution in [3.8, 4) is 5.75 Å². The molecular formula is C13H16N2O3S.